The van der Waals surface area contributed by atoms with Gasteiger partial charge in [0.05, 0.1) is 0 Å². The first-order valence-corrected chi connectivity index (χ1v) is 10.2. The quantitative estimate of drug-likeness (QED) is 0.824. The van der Waals surface area contributed by atoms with Gasteiger partial charge in [0.15, 0.2) is 0 Å². The highest BCUT2D eigenvalue weighted by Crippen LogP contribution is 2.27. The highest BCUT2D eigenvalue weighted by atomic mass is 35.5. The molecule has 1 N–H and O–H groups in total. The summed E-state index contributed by atoms with van der Waals surface area (Å²) < 4.78 is 0. The molecule has 2 aliphatic rings. The van der Waals surface area contributed by atoms with Crippen molar-refractivity contribution in [3.8, 4) is 0 Å². The highest BCUT2D eigenvalue weighted by molar-refractivity contribution is 6.30. The number of carbonyl (C=O) groups is 1. The number of rotatable bonds is 6. The van der Waals surface area contributed by atoms with Gasteiger partial charge in [-0.15, -0.1) is 0 Å². The summed E-state index contributed by atoms with van der Waals surface area (Å²) >= 11 is 5.98. The fraction of sp³-hybridized carbons (Fsp3) is 0.409. The largest absolute Gasteiger partial charge is 0.369 e. The SMILES string of the molecule is O=C(NCC1CC1)c1cccc(CN2CCN(c3ccc(Cl)cc3)CC2)c1. The van der Waals surface area contributed by atoms with Gasteiger partial charge in [0.1, 0.15) is 0 Å². The molecule has 1 saturated heterocycles. The number of anilines is 1. The normalized spacial score (nSPS) is 17.7. The predicted octanol–water partition coefficient (Wildman–Crippen LogP) is 3.80. The summed E-state index contributed by atoms with van der Waals surface area (Å²) in [7, 11) is 0. The summed E-state index contributed by atoms with van der Waals surface area (Å²) in [5.74, 6) is 0.755. The maximum absolute atomic E-state index is 12.3. The van der Waals surface area contributed by atoms with E-state index in [9.17, 15) is 4.79 Å². The molecule has 1 aliphatic heterocycles. The van der Waals surface area contributed by atoms with Crippen molar-refractivity contribution >= 4 is 23.2 Å². The van der Waals surface area contributed by atoms with Crippen LogP contribution >= 0.6 is 11.6 Å². The molecule has 0 radical (unpaired) electrons. The monoisotopic (exact) mass is 383 g/mol. The molecule has 2 aromatic carbocycles. The lowest BCUT2D eigenvalue weighted by atomic mass is 10.1. The van der Waals surface area contributed by atoms with Gasteiger partial charge in [0.2, 0.25) is 0 Å². The van der Waals surface area contributed by atoms with Crippen LogP contribution in [0.25, 0.3) is 0 Å². The highest BCUT2D eigenvalue weighted by Gasteiger charge is 2.22. The lowest BCUT2D eigenvalue weighted by molar-refractivity contribution is 0.0951. The second kappa shape index (κ2) is 8.32. The molecule has 1 saturated carbocycles. The molecule has 4 rings (SSSR count). The summed E-state index contributed by atoms with van der Waals surface area (Å²) in [6.07, 6.45) is 2.50. The molecule has 1 amide bonds. The molecule has 142 valence electrons. The van der Waals surface area contributed by atoms with Gasteiger partial charge in [-0.3, -0.25) is 9.69 Å². The van der Waals surface area contributed by atoms with Crippen LogP contribution in [0, 0.1) is 5.92 Å². The molecule has 2 aromatic rings. The Kier molecular flexibility index (Phi) is 5.65. The maximum Gasteiger partial charge on any atom is 0.251 e. The number of halogens is 1. The molecule has 1 heterocycles. The fourth-order valence-corrected chi connectivity index (χ4v) is 3.67. The van der Waals surface area contributed by atoms with Gasteiger partial charge in [0, 0.05) is 55.5 Å². The van der Waals surface area contributed by atoms with Crippen molar-refractivity contribution in [2.24, 2.45) is 5.92 Å². The van der Waals surface area contributed by atoms with E-state index < -0.39 is 0 Å². The van der Waals surface area contributed by atoms with Gasteiger partial charge in [0.25, 0.3) is 5.91 Å². The topological polar surface area (TPSA) is 35.6 Å². The fourth-order valence-electron chi connectivity index (χ4n) is 3.55. The van der Waals surface area contributed by atoms with Crippen LogP contribution in [-0.2, 0) is 6.54 Å². The standard InChI is InChI=1S/C22H26ClN3O/c23-20-6-8-21(9-7-20)26-12-10-25(11-13-26)16-18-2-1-3-19(14-18)22(27)24-15-17-4-5-17/h1-3,6-9,14,17H,4-5,10-13,15-16H2,(H,24,27). The Bertz CT molecular complexity index is 780. The molecule has 4 nitrogen and oxygen atoms in total. The number of piperazine rings is 1. The number of hydrogen-bond acceptors (Lipinski definition) is 3. The van der Waals surface area contributed by atoms with Crippen LogP contribution in [0.4, 0.5) is 5.69 Å². The van der Waals surface area contributed by atoms with Crippen LogP contribution in [0.5, 0.6) is 0 Å². The molecule has 0 atom stereocenters. The summed E-state index contributed by atoms with van der Waals surface area (Å²) in [5.41, 5.74) is 3.20. The zero-order chi connectivity index (χ0) is 18.6. The smallest absolute Gasteiger partial charge is 0.251 e. The van der Waals surface area contributed by atoms with Crippen LogP contribution < -0.4 is 10.2 Å². The van der Waals surface area contributed by atoms with E-state index in [1.54, 1.807) is 0 Å². The van der Waals surface area contributed by atoms with Crippen molar-refractivity contribution in [2.75, 3.05) is 37.6 Å². The van der Waals surface area contributed by atoms with E-state index >= 15 is 0 Å². The molecule has 0 bridgehead atoms. The summed E-state index contributed by atoms with van der Waals surface area (Å²) in [6, 6.07) is 16.1. The molecule has 2 fully saturated rings. The van der Waals surface area contributed by atoms with Gasteiger partial charge in [-0.05, 0) is 60.7 Å². The van der Waals surface area contributed by atoms with E-state index in [4.69, 9.17) is 11.6 Å². The Balaban J connectivity index is 1.30. The van der Waals surface area contributed by atoms with Crippen molar-refractivity contribution in [1.29, 1.82) is 0 Å². The Morgan fingerprint density at radius 1 is 1.04 bits per heavy atom. The molecular weight excluding hydrogens is 358 g/mol. The first-order valence-electron chi connectivity index (χ1n) is 9.77. The first-order chi connectivity index (χ1) is 13.2. The third kappa shape index (κ3) is 5.02. The Labute approximate surface area is 166 Å². The zero-order valence-electron chi connectivity index (χ0n) is 15.5. The van der Waals surface area contributed by atoms with Gasteiger partial charge in [-0.1, -0.05) is 23.7 Å². The lowest BCUT2D eigenvalue weighted by Gasteiger charge is -2.36. The third-order valence-electron chi connectivity index (χ3n) is 5.41. The van der Waals surface area contributed by atoms with Crippen LogP contribution in [-0.4, -0.2) is 43.5 Å². The van der Waals surface area contributed by atoms with E-state index in [0.717, 1.165) is 49.9 Å². The average molecular weight is 384 g/mol. The van der Waals surface area contributed by atoms with Gasteiger partial charge in [-0.25, -0.2) is 0 Å². The van der Waals surface area contributed by atoms with Crippen molar-refractivity contribution in [1.82, 2.24) is 10.2 Å². The van der Waals surface area contributed by atoms with E-state index in [2.05, 4.69) is 33.3 Å². The van der Waals surface area contributed by atoms with Crippen LogP contribution in [0.15, 0.2) is 48.5 Å². The van der Waals surface area contributed by atoms with E-state index in [0.29, 0.717) is 5.92 Å². The minimum absolute atomic E-state index is 0.0521. The average Bonchev–Trinajstić information content (AvgIpc) is 3.52. The molecule has 5 heteroatoms. The number of nitrogens with zero attached hydrogens (tertiary/aromatic N) is 2. The summed E-state index contributed by atoms with van der Waals surface area (Å²) in [4.78, 5) is 17.2. The van der Waals surface area contributed by atoms with Gasteiger partial charge < -0.3 is 10.2 Å². The second-order valence-corrected chi connectivity index (χ2v) is 8.03. The zero-order valence-corrected chi connectivity index (χ0v) is 16.3. The third-order valence-corrected chi connectivity index (χ3v) is 5.66. The maximum atomic E-state index is 12.3. The minimum atomic E-state index is 0.0521. The van der Waals surface area contributed by atoms with Crippen LogP contribution in [0.2, 0.25) is 5.02 Å². The van der Waals surface area contributed by atoms with E-state index in [1.807, 2.05) is 30.3 Å². The predicted molar refractivity (Wildman–Crippen MR) is 110 cm³/mol. The second-order valence-electron chi connectivity index (χ2n) is 7.59. The molecular formula is C22H26ClN3O. The van der Waals surface area contributed by atoms with Gasteiger partial charge in [-0.2, -0.15) is 0 Å². The number of amides is 1. The molecule has 0 aromatic heterocycles. The van der Waals surface area contributed by atoms with Crippen molar-refractivity contribution in [3.05, 3.63) is 64.7 Å². The van der Waals surface area contributed by atoms with Gasteiger partial charge >= 0.3 is 0 Å². The first kappa shape index (κ1) is 18.3. The number of benzene rings is 2. The summed E-state index contributed by atoms with van der Waals surface area (Å²) in [6.45, 7) is 5.74. The van der Waals surface area contributed by atoms with E-state index in [-0.39, 0.29) is 5.91 Å². The van der Waals surface area contributed by atoms with Crippen LogP contribution in [0.3, 0.4) is 0 Å². The summed E-state index contributed by atoms with van der Waals surface area (Å²) in [5, 5.41) is 3.83. The molecule has 27 heavy (non-hydrogen) atoms. The van der Waals surface area contributed by atoms with Crippen molar-refractivity contribution in [2.45, 2.75) is 19.4 Å². The molecule has 1 aliphatic carbocycles. The van der Waals surface area contributed by atoms with Crippen molar-refractivity contribution in [3.63, 3.8) is 0 Å². The Morgan fingerprint density at radius 3 is 2.48 bits per heavy atom. The Hall–Kier alpha value is -2.04. The molecule has 0 spiro atoms. The lowest BCUT2D eigenvalue weighted by Crippen LogP contribution is -2.45. The minimum Gasteiger partial charge on any atom is -0.369 e. The van der Waals surface area contributed by atoms with Crippen LogP contribution in [0.1, 0.15) is 28.8 Å². The molecule has 0 unspecified atom stereocenters. The van der Waals surface area contributed by atoms with Crippen molar-refractivity contribution < 1.29 is 4.79 Å². The number of hydrogen-bond donors (Lipinski definition) is 1. The van der Waals surface area contributed by atoms with E-state index in [1.165, 1.54) is 24.1 Å². The number of nitrogens with one attached hydrogen (secondary N) is 1. The number of carbonyl (C=O) groups excluding carboxylic acids is 1. The Morgan fingerprint density at radius 2 is 1.78 bits per heavy atom.